The van der Waals surface area contributed by atoms with Crippen LogP contribution in [0, 0.1) is 21.4 Å². The molecular formula is C24H17BrClN3O5. The van der Waals surface area contributed by atoms with Gasteiger partial charge in [-0.3, -0.25) is 14.9 Å². The fraction of sp³-hybridized carbons (Fsp3) is 0.0833. The number of nitro groups is 1. The van der Waals surface area contributed by atoms with Gasteiger partial charge in [0.15, 0.2) is 11.5 Å². The van der Waals surface area contributed by atoms with E-state index in [9.17, 15) is 20.2 Å². The number of hydrogen-bond acceptors (Lipinski definition) is 6. The number of hydrogen-bond donors (Lipinski definition) is 1. The zero-order valence-corrected chi connectivity index (χ0v) is 20.1. The molecule has 0 atom stereocenters. The number of carbonyl (C=O) groups is 1. The number of carbonyl (C=O) groups excluding carboxylic acids is 1. The predicted molar refractivity (Wildman–Crippen MR) is 132 cm³/mol. The van der Waals surface area contributed by atoms with Crippen LogP contribution in [0.25, 0.3) is 6.08 Å². The van der Waals surface area contributed by atoms with Gasteiger partial charge >= 0.3 is 0 Å². The Morgan fingerprint density at radius 1 is 1.18 bits per heavy atom. The summed E-state index contributed by atoms with van der Waals surface area (Å²) in [6.45, 7) is 0.331. The van der Waals surface area contributed by atoms with Gasteiger partial charge in [-0.2, -0.15) is 5.26 Å². The standard InChI is InChI=1S/C24H17BrClN3O5/c1-33-23-11-16(4-9-22(23)34-14-15-2-5-18(25)6-3-15)10-17(13-27)24(30)28-19-7-8-20(26)21(12-19)29(31)32/h2-12H,14H2,1H3,(H,28,30)/b17-10+. The van der Waals surface area contributed by atoms with Crippen molar-refractivity contribution in [3.05, 3.63) is 97.0 Å². The molecule has 3 aromatic rings. The molecule has 0 unspecified atom stereocenters. The molecule has 0 radical (unpaired) electrons. The Morgan fingerprint density at radius 2 is 1.91 bits per heavy atom. The first-order valence-corrected chi connectivity index (χ1v) is 10.9. The van der Waals surface area contributed by atoms with Crippen molar-refractivity contribution in [1.29, 1.82) is 5.26 Å². The lowest BCUT2D eigenvalue weighted by Gasteiger charge is -2.12. The fourth-order valence-electron chi connectivity index (χ4n) is 2.88. The van der Waals surface area contributed by atoms with Crippen LogP contribution in [0.5, 0.6) is 11.5 Å². The summed E-state index contributed by atoms with van der Waals surface area (Å²) in [5.41, 5.74) is 1.08. The topological polar surface area (TPSA) is 114 Å². The third-order valence-electron chi connectivity index (χ3n) is 4.57. The fourth-order valence-corrected chi connectivity index (χ4v) is 3.33. The molecule has 8 nitrogen and oxygen atoms in total. The van der Waals surface area contributed by atoms with Crippen molar-refractivity contribution < 1.29 is 19.2 Å². The quantitative estimate of drug-likeness (QED) is 0.158. The molecule has 34 heavy (non-hydrogen) atoms. The lowest BCUT2D eigenvalue weighted by atomic mass is 10.1. The van der Waals surface area contributed by atoms with E-state index in [1.165, 1.54) is 25.3 Å². The molecule has 0 spiro atoms. The molecule has 0 aliphatic rings. The summed E-state index contributed by atoms with van der Waals surface area (Å²) in [6.07, 6.45) is 1.38. The summed E-state index contributed by atoms with van der Waals surface area (Å²) in [5, 5.41) is 22.9. The zero-order chi connectivity index (χ0) is 24.7. The van der Waals surface area contributed by atoms with Gasteiger partial charge in [-0.15, -0.1) is 0 Å². The average Bonchev–Trinajstić information content (AvgIpc) is 2.83. The highest BCUT2D eigenvalue weighted by Crippen LogP contribution is 2.30. The van der Waals surface area contributed by atoms with Crippen LogP contribution in [0.4, 0.5) is 11.4 Å². The van der Waals surface area contributed by atoms with E-state index in [0.717, 1.165) is 16.1 Å². The van der Waals surface area contributed by atoms with Crippen LogP contribution < -0.4 is 14.8 Å². The van der Waals surface area contributed by atoms with Gasteiger partial charge in [-0.05, 0) is 53.6 Å². The lowest BCUT2D eigenvalue weighted by Crippen LogP contribution is -2.13. The van der Waals surface area contributed by atoms with Crippen molar-refractivity contribution in [2.24, 2.45) is 0 Å². The molecule has 0 aromatic heterocycles. The lowest BCUT2D eigenvalue weighted by molar-refractivity contribution is -0.384. The number of nitrogens with one attached hydrogen (secondary N) is 1. The van der Waals surface area contributed by atoms with Crippen LogP contribution in [-0.2, 0) is 11.4 Å². The number of amides is 1. The van der Waals surface area contributed by atoms with Crippen LogP contribution >= 0.6 is 27.5 Å². The second-order valence-electron chi connectivity index (χ2n) is 6.87. The number of anilines is 1. The Labute approximate surface area is 208 Å². The third-order valence-corrected chi connectivity index (χ3v) is 5.42. The SMILES string of the molecule is COc1cc(/C=C(\C#N)C(=O)Nc2ccc(Cl)c([N+](=O)[O-])c2)ccc1OCc1ccc(Br)cc1. The Bertz CT molecular complexity index is 1300. The first-order valence-electron chi connectivity index (χ1n) is 9.73. The Kier molecular flexibility index (Phi) is 8.24. The van der Waals surface area contributed by atoms with E-state index in [4.69, 9.17) is 21.1 Å². The van der Waals surface area contributed by atoms with Gasteiger partial charge < -0.3 is 14.8 Å². The highest BCUT2D eigenvalue weighted by atomic mass is 79.9. The van der Waals surface area contributed by atoms with Crippen LogP contribution in [0.1, 0.15) is 11.1 Å². The molecule has 172 valence electrons. The average molecular weight is 543 g/mol. The largest absolute Gasteiger partial charge is 0.493 e. The maximum Gasteiger partial charge on any atom is 0.289 e. The van der Waals surface area contributed by atoms with Crippen LogP contribution in [0.15, 0.2) is 70.7 Å². The van der Waals surface area contributed by atoms with E-state index < -0.39 is 10.8 Å². The zero-order valence-electron chi connectivity index (χ0n) is 17.7. The van der Waals surface area contributed by atoms with Gasteiger partial charge in [0.2, 0.25) is 0 Å². The number of benzene rings is 3. The number of nitriles is 1. The van der Waals surface area contributed by atoms with Gasteiger partial charge in [0.05, 0.1) is 12.0 Å². The summed E-state index contributed by atoms with van der Waals surface area (Å²) >= 11 is 9.18. The van der Waals surface area contributed by atoms with Crippen LogP contribution in [-0.4, -0.2) is 17.9 Å². The van der Waals surface area contributed by atoms with Gasteiger partial charge in [-0.1, -0.05) is 45.7 Å². The Balaban J connectivity index is 1.76. The second kappa shape index (κ2) is 11.3. The first-order chi connectivity index (χ1) is 16.3. The molecule has 0 aliphatic carbocycles. The van der Waals surface area contributed by atoms with Crippen molar-refractivity contribution in [2.45, 2.75) is 6.61 Å². The van der Waals surface area contributed by atoms with E-state index in [-0.39, 0.29) is 22.0 Å². The number of rotatable bonds is 8. The Morgan fingerprint density at radius 3 is 2.56 bits per heavy atom. The molecule has 0 bridgehead atoms. The molecular weight excluding hydrogens is 526 g/mol. The molecule has 0 saturated carbocycles. The summed E-state index contributed by atoms with van der Waals surface area (Å²) in [7, 11) is 1.49. The molecule has 0 saturated heterocycles. The minimum absolute atomic E-state index is 0.0615. The molecule has 0 aliphatic heterocycles. The molecule has 1 N–H and O–H groups in total. The smallest absolute Gasteiger partial charge is 0.289 e. The minimum Gasteiger partial charge on any atom is -0.493 e. The molecule has 10 heteroatoms. The number of ether oxygens (including phenoxy) is 2. The normalized spacial score (nSPS) is 10.8. The van der Waals surface area contributed by atoms with E-state index in [1.54, 1.807) is 18.2 Å². The van der Waals surface area contributed by atoms with Crippen molar-refractivity contribution in [1.82, 2.24) is 0 Å². The summed E-state index contributed by atoms with van der Waals surface area (Å²) < 4.78 is 12.2. The maximum absolute atomic E-state index is 12.6. The van der Waals surface area contributed by atoms with Crippen molar-refractivity contribution in [2.75, 3.05) is 12.4 Å². The minimum atomic E-state index is -0.728. The number of methoxy groups -OCH3 is 1. The van der Waals surface area contributed by atoms with E-state index in [1.807, 2.05) is 30.3 Å². The molecule has 3 aromatic carbocycles. The highest BCUT2D eigenvalue weighted by Gasteiger charge is 2.16. The predicted octanol–water partition coefficient (Wildman–Crippen LogP) is 6.14. The first kappa shape index (κ1) is 24.8. The molecule has 3 rings (SSSR count). The highest BCUT2D eigenvalue weighted by molar-refractivity contribution is 9.10. The maximum atomic E-state index is 12.6. The van der Waals surface area contributed by atoms with Gasteiger partial charge in [-0.25, -0.2) is 0 Å². The molecule has 1 amide bonds. The van der Waals surface area contributed by atoms with E-state index in [2.05, 4.69) is 21.2 Å². The van der Waals surface area contributed by atoms with Crippen LogP contribution in [0.2, 0.25) is 5.02 Å². The van der Waals surface area contributed by atoms with Crippen molar-refractivity contribution in [3.63, 3.8) is 0 Å². The van der Waals surface area contributed by atoms with Gasteiger partial charge in [0.25, 0.3) is 11.6 Å². The molecule has 0 fully saturated rings. The number of nitro benzene ring substituents is 1. The second-order valence-corrected chi connectivity index (χ2v) is 8.20. The van der Waals surface area contributed by atoms with Crippen LogP contribution in [0.3, 0.4) is 0 Å². The summed E-state index contributed by atoms with van der Waals surface area (Å²) in [5.74, 6) is 0.199. The monoisotopic (exact) mass is 541 g/mol. The van der Waals surface area contributed by atoms with Gasteiger partial charge in [0, 0.05) is 16.2 Å². The summed E-state index contributed by atoms with van der Waals surface area (Å²) in [4.78, 5) is 22.9. The molecule has 0 heterocycles. The number of halogens is 2. The third kappa shape index (κ3) is 6.34. The number of nitrogens with zero attached hydrogens (tertiary/aromatic N) is 2. The summed E-state index contributed by atoms with van der Waals surface area (Å²) in [6, 6.07) is 18.3. The van der Waals surface area contributed by atoms with Gasteiger partial charge in [0.1, 0.15) is 23.3 Å². The van der Waals surface area contributed by atoms with Crippen molar-refractivity contribution in [3.8, 4) is 17.6 Å². The Hall–Kier alpha value is -3.87. The van der Waals surface area contributed by atoms with Crippen molar-refractivity contribution >= 4 is 50.9 Å². The van der Waals surface area contributed by atoms with E-state index >= 15 is 0 Å². The van der Waals surface area contributed by atoms with E-state index in [0.29, 0.717) is 23.7 Å².